The van der Waals surface area contributed by atoms with Gasteiger partial charge in [0.25, 0.3) is 0 Å². The Balaban J connectivity index is 2.11. The second kappa shape index (κ2) is 6.16. The van der Waals surface area contributed by atoms with Crippen molar-refractivity contribution in [2.24, 2.45) is 0 Å². The molecule has 0 atom stereocenters. The van der Waals surface area contributed by atoms with Crippen molar-refractivity contribution in [2.45, 2.75) is 6.92 Å². The second-order valence-corrected chi connectivity index (χ2v) is 5.11. The molecule has 0 amide bonds. The highest BCUT2D eigenvalue weighted by Gasteiger charge is 2.22. The van der Waals surface area contributed by atoms with Crippen LogP contribution in [0.15, 0.2) is 48.5 Å². The van der Waals surface area contributed by atoms with Gasteiger partial charge in [0.15, 0.2) is 0 Å². The molecule has 0 saturated heterocycles. The fraction of sp³-hybridized carbons (Fsp3) is 0.105. The van der Waals surface area contributed by atoms with Crippen molar-refractivity contribution >= 4 is 23.2 Å². The van der Waals surface area contributed by atoms with E-state index in [9.17, 15) is 13.6 Å². The maximum atomic E-state index is 13.5. The first kappa shape index (κ1) is 15.2. The fourth-order valence-electron chi connectivity index (χ4n) is 2.60. The molecule has 0 unspecified atom stereocenters. The summed E-state index contributed by atoms with van der Waals surface area (Å²) in [6, 6.07) is 10.3. The van der Waals surface area contributed by atoms with Gasteiger partial charge in [-0.05, 0) is 65.1 Å². The molecule has 2 nitrogen and oxygen atoms in total. The number of carbonyl (C=O) groups is 1. The average Bonchev–Trinajstić information content (AvgIpc) is 2.86. The van der Waals surface area contributed by atoms with E-state index in [2.05, 4.69) is 0 Å². The minimum Gasteiger partial charge on any atom is -0.463 e. The lowest BCUT2D eigenvalue weighted by Gasteiger charge is -2.08. The predicted octanol–water partition coefficient (Wildman–Crippen LogP) is 4.47. The first-order valence-electron chi connectivity index (χ1n) is 7.25. The fourth-order valence-corrected chi connectivity index (χ4v) is 2.60. The van der Waals surface area contributed by atoms with Gasteiger partial charge in [-0.2, -0.15) is 0 Å². The van der Waals surface area contributed by atoms with E-state index in [1.165, 1.54) is 30.3 Å². The van der Waals surface area contributed by atoms with Crippen LogP contribution in [0.1, 0.15) is 23.6 Å². The molecule has 0 aromatic heterocycles. The third-order valence-corrected chi connectivity index (χ3v) is 3.60. The minimum atomic E-state index is -0.465. The Hall–Kier alpha value is -2.75. The zero-order valence-electron chi connectivity index (χ0n) is 12.5. The van der Waals surface area contributed by atoms with E-state index in [1.807, 2.05) is 0 Å². The Bertz CT molecular complexity index is 818. The van der Waals surface area contributed by atoms with Gasteiger partial charge >= 0.3 is 5.97 Å². The number of ether oxygens (including phenoxy) is 1. The Morgan fingerprint density at radius 1 is 1.09 bits per heavy atom. The van der Waals surface area contributed by atoms with Crippen LogP contribution in [0.3, 0.4) is 0 Å². The summed E-state index contributed by atoms with van der Waals surface area (Å²) in [6.45, 7) is 2.00. The average molecular weight is 312 g/mol. The Morgan fingerprint density at radius 3 is 2.48 bits per heavy atom. The molecular weight excluding hydrogens is 298 g/mol. The SMILES string of the molecule is CCOC(=O)/C=C1/C(c2ccc(F)cc2)=Cc2cc(F)ccc21. The van der Waals surface area contributed by atoms with Crippen LogP contribution in [0.25, 0.3) is 17.2 Å². The molecule has 4 heteroatoms. The van der Waals surface area contributed by atoms with Gasteiger partial charge in [-0.15, -0.1) is 0 Å². The zero-order chi connectivity index (χ0) is 16.4. The highest BCUT2D eigenvalue weighted by molar-refractivity contribution is 6.20. The normalized spacial score (nSPS) is 14.6. The molecule has 0 heterocycles. The Morgan fingerprint density at radius 2 is 1.78 bits per heavy atom. The van der Waals surface area contributed by atoms with Crippen molar-refractivity contribution in [1.82, 2.24) is 0 Å². The van der Waals surface area contributed by atoms with Crippen LogP contribution >= 0.6 is 0 Å². The number of rotatable bonds is 3. The van der Waals surface area contributed by atoms with E-state index >= 15 is 0 Å². The van der Waals surface area contributed by atoms with E-state index in [-0.39, 0.29) is 18.2 Å². The van der Waals surface area contributed by atoms with E-state index in [0.29, 0.717) is 11.1 Å². The van der Waals surface area contributed by atoms with Crippen LogP contribution in [0.2, 0.25) is 0 Å². The number of esters is 1. The molecule has 23 heavy (non-hydrogen) atoms. The summed E-state index contributed by atoms with van der Waals surface area (Å²) in [5, 5.41) is 0. The highest BCUT2D eigenvalue weighted by Crippen LogP contribution is 2.41. The summed E-state index contributed by atoms with van der Waals surface area (Å²) in [5.74, 6) is -1.16. The third kappa shape index (κ3) is 3.06. The van der Waals surface area contributed by atoms with Gasteiger partial charge in [0.05, 0.1) is 6.61 Å². The quantitative estimate of drug-likeness (QED) is 0.617. The molecule has 0 N–H and O–H groups in total. The monoisotopic (exact) mass is 312 g/mol. The summed E-state index contributed by atoms with van der Waals surface area (Å²) >= 11 is 0. The maximum Gasteiger partial charge on any atom is 0.331 e. The lowest BCUT2D eigenvalue weighted by Crippen LogP contribution is -2.01. The van der Waals surface area contributed by atoms with Crippen molar-refractivity contribution in [1.29, 1.82) is 0 Å². The standard InChI is InChI=1S/C19H14F2O2/c1-2-23-19(22)11-18-16-8-7-15(21)9-13(16)10-17(18)12-3-5-14(20)6-4-12/h3-11H,2H2,1H3/b18-11+. The molecule has 2 aromatic rings. The van der Waals surface area contributed by atoms with E-state index < -0.39 is 5.97 Å². The van der Waals surface area contributed by atoms with Gasteiger partial charge < -0.3 is 4.74 Å². The second-order valence-electron chi connectivity index (χ2n) is 5.11. The number of hydrogen-bond acceptors (Lipinski definition) is 2. The van der Waals surface area contributed by atoms with Crippen molar-refractivity contribution in [3.05, 3.63) is 76.9 Å². The van der Waals surface area contributed by atoms with E-state index in [4.69, 9.17) is 4.74 Å². The molecule has 1 aliphatic rings. The van der Waals surface area contributed by atoms with Crippen LogP contribution in [-0.4, -0.2) is 12.6 Å². The number of carbonyl (C=O) groups excluding carboxylic acids is 1. The summed E-state index contributed by atoms with van der Waals surface area (Å²) in [7, 11) is 0. The lowest BCUT2D eigenvalue weighted by molar-refractivity contribution is -0.137. The number of allylic oxidation sites excluding steroid dienone is 2. The summed E-state index contributed by atoms with van der Waals surface area (Å²) < 4.78 is 31.6. The van der Waals surface area contributed by atoms with Gasteiger partial charge in [-0.1, -0.05) is 18.2 Å². The molecule has 1 aliphatic carbocycles. The van der Waals surface area contributed by atoms with Crippen LogP contribution in [-0.2, 0) is 9.53 Å². The van der Waals surface area contributed by atoms with E-state index in [0.717, 1.165) is 16.7 Å². The smallest absolute Gasteiger partial charge is 0.331 e. The summed E-state index contributed by atoms with van der Waals surface area (Å²) in [5.41, 5.74) is 3.56. The van der Waals surface area contributed by atoms with Crippen LogP contribution in [0, 0.1) is 11.6 Å². The number of fused-ring (bicyclic) bond motifs is 1. The topological polar surface area (TPSA) is 26.3 Å². The van der Waals surface area contributed by atoms with Gasteiger partial charge in [0, 0.05) is 6.08 Å². The van der Waals surface area contributed by atoms with Gasteiger partial charge in [0.2, 0.25) is 0 Å². The largest absolute Gasteiger partial charge is 0.463 e. The Kier molecular flexibility index (Phi) is 4.06. The predicted molar refractivity (Wildman–Crippen MR) is 85.3 cm³/mol. The molecule has 0 spiro atoms. The first-order chi connectivity index (χ1) is 11.1. The Labute approximate surface area is 132 Å². The lowest BCUT2D eigenvalue weighted by atomic mass is 9.97. The molecule has 0 radical (unpaired) electrons. The maximum absolute atomic E-state index is 13.5. The molecule has 0 bridgehead atoms. The van der Waals surface area contributed by atoms with Crippen LogP contribution in [0.4, 0.5) is 8.78 Å². The zero-order valence-corrected chi connectivity index (χ0v) is 12.5. The molecule has 0 fully saturated rings. The van der Waals surface area contributed by atoms with E-state index in [1.54, 1.807) is 31.2 Å². The van der Waals surface area contributed by atoms with Gasteiger partial charge in [0.1, 0.15) is 11.6 Å². The minimum absolute atomic E-state index is 0.272. The van der Waals surface area contributed by atoms with Crippen LogP contribution < -0.4 is 0 Å². The molecule has 116 valence electrons. The third-order valence-electron chi connectivity index (χ3n) is 3.60. The summed E-state index contributed by atoms with van der Waals surface area (Å²) in [6.07, 6.45) is 3.18. The molecule has 0 aliphatic heterocycles. The van der Waals surface area contributed by atoms with Gasteiger partial charge in [-0.3, -0.25) is 0 Å². The molecule has 0 saturated carbocycles. The molecular formula is C19H14F2O2. The number of benzene rings is 2. The molecule has 3 rings (SSSR count). The van der Waals surface area contributed by atoms with Crippen molar-refractivity contribution in [3.63, 3.8) is 0 Å². The first-order valence-corrected chi connectivity index (χ1v) is 7.25. The van der Waals surface area contributed by atoms with Crippen molar-refractivity contribution in [3.8, 4) is 0 Å². The van der Waals surface area contributed by atoms with Crippen molar-refractivity contribution in [2.75, 3.05) is 6.61 Å². The van der Waals surface area contributed by atoms with Crippen molar-refractivity contribution < 1.29 is 18.3 Å². The summed E-state index contributed by atoms with van der Waals surface area (Å²) in [4.78, 5) is 11.8. The van der Waals surface area contributed by atoms with Gasteiger partial charge in [-0.25, -0.2) is 13.6 Å². The van der Waals surface area contributed by atoms with Crippen LogP contribution in [0.5, 0.6) is 0 Å². The highest BCUT2D eigenvalue weighted by atomic mass is 19.1. The number of hydrogen-bond donors (Lipinski definition) is 0. The number of halogens is 2. The molecule has 2 aromatic carbocycles.